The molecule has 1 aliphatic rings. The Balaban J connectivity index is 1.73. The number of aliphatic carboxylic acids is 1. The molecule has 3 rings (SSSR count). The molecule has 0 unspecified atom stereocenters. The van der Waals surface area contributed by atoms with Crippen molar-refractivity contribution in [3.8, 4) is 0 Å². The van der Waals surface area contributed by atoms with E-state index in [1.54, 1.807) is 18.2 Å². The molecule has 0 bridgehead atoms. The van der Waals surface area contributed by atoms with E-state index in [2.05, 4.69) is 4.98 Å². The zero-order valence-corrected chi connectivity index (χ0v) is 12.5. The number of nitrogens with zero attached hydrogens (tertiary/aromatic N) is 3. The summed E-state index contributed by atoms with van der Waals surface area (Å²) in [6.07, 6.45) is 2.69. The Morgan fingerprint density at radius 3 is 2.87 bits per heavy atom. The van der Waals surface area contributed by atoms with Crippen LogP contribution >= 0.6 is 0 Å². The predicted octanol–water partition coefficient (Wildman–Crippen LogP) is 0.862. The van der Waals surface area contributed by atoms with Crippen LogP contribution < -0.4 is 5.56 Å². The molecule has 120 valence electrons. The maximum Gasteiger partial charge on any atom is 0.326 e. The number of likely N-dealkylation sites (tertiary alicyclic amines) is 1. The van der Waals surface area contributed by atoms with Crippen molar-refractivity contribution in [3.63, 3.8) is 0 Å². The second-order valence-electron chi connectivity index (χ2n) is 5.59. The normalized spacial score (nSPS) is 17.6. The zero-order chi connectivity index (χ0) is 16.4. The van der Waals surface area contributed by atoms with E-state index in [9.17, 15) is 14.4 Å². The summed E-state index contributed by atoms with van der Waals surface area (Å²) in [4.78, 5) is 41.3. The summed E-state index contributed by atoms with van der Waals surface area (Å²) in [6, 6.07) is 6.29. The van der Waals surface area contributed by atoms with Crippen LogP contribution in [0.25, 0.3) is 10.9 Å². The molecule has 1 aliphatic heterocycles. The minimum atomic E-state index is -0.972. The fourth-order valence-electron chi connectivity index (χ4n) is 2.95. The Morgan fingerprint density at radius 2 is 2.09 bits per heavy atom. The fourth-order valence-corrected chi connectivity index (χ4v) is 2.95. The van der Waals surface area contributed by atoms with Gasteiger partial charge in [0.2, 0.25) is 5.91 Å². The van der Waals surface area contributed by atoms with Gasteiger partial charge in [-0.15, -0.1) is 0 Å². The van der Waals surface area contributed by atoms with Crippen LogP contribution in [0.2, 0.25) is 0 Å². The lowest BCUT2D eigenvalue weighted by Crippen LogP contribution is -2.41. The van der Waals surface area contributed by atoms with E-state index in [1.807, 2.05) is 6.07 Å². The highest BCUT2D eigenvalue weighted by atomic mass is 16.4. The van der Waals surface area contributed by atoms with Gasteiger partial charge in [0.25, 0.3) is 5.56 Å². The maximum absolute atomic E-state index is 12.3. The lowest BCUT2D eigenvalue weighted by Gasteiger charge is -2.21. The summed E-state index contributed by atoms with van der Waals surface area (Å²) < 4.78 is 1.39. The number of carbonyl (C=O) groups excluding carboxylic acids is 1. The molecule has 2 aromatic rings. The van der Waals surface area contributed by atoms with Crippen LogP contribution in [-0.2, 0) is 16.1 Å². The van der Waals surface area contributed by atoms with Crippen molar-refractivity contribution in [2.24, 2.45) is 0 Å². The number of rotatable bonds is 4. The van der Waals surface area contributed by atoms with Gasteiger partial charge in [0.1, 0.15) is 6.04 Å². The third-order valence-electron chi connectivity index (χ3n) is 4.16. The monoisotopic (exact) mass is 315 g/mol. The molecule has 1 fully saturated rings. The summed E-state index contributed by atoms with van der Waals surface area (Å²) in [5, 5.41) is 9.63. The molecule has 0 saturated carbocycles. The van der Waals surface area contributed by atoms with Gasteiger partial charge in [0, 0.05) is 19.5 Å². The third-order valence-corrected chi connectivity index (χ3v) is 4.16. The van der Waals surface area contributed by atoms with E-state index in [4.69, 9.17) is 5.11 Å². The number of carboxylic acids is 1. The highest BCUT2D eigenvalue weighted by Crippen LogP contribution is 2.18. The molecule has 7 heteroatoms. The molecule has 1 aromatic heterocycles. The van der Waals surface area contributed by atoms with E-state index in [0.29, 0.717) is 30.3 Å². The van der Waals surface area contributed by atoms with Crippen molar-refractivity contribution in [1.82, 2.24) is 14.5 Å². The van der Waals surface area contributed by atoms with Gasteiger partial charge in [-0.25, -0.2) is 9.78 Å². The van der Waals surface area contributed by atoms with Gasteiger partial charge >= 0.3 is 5.97 Å². The number of fused-ring (bicyclic) bond motifs is 1. The Hall–Kier alpha value is -2.70. The molecule has 1 amide bonds. The summed E-state index contributed by atoms with van der Waals surface area (Å²) >= 11 is 0. The van der Waals surface area contributed by atoms with Crippen molar-refractivity contribution in [1.29, 1.82) is 0 Å². The lowest BCUT2D eigenvalue weighted by atomic mass is 10.2. The molecule has 1 saturated heterocycles. The van der Waals surface area contributed by atoms with Crippen molar-refractivity contribution >= 4 is 22.8 Å². The SMILES string of the molecule is O=C(O)[C@H]1CCCN1C(=O)CCn1cnc2ccccc2c1=O. The quantitative estimate of drug-likeness (QED) is 0.903. The highest BCUT2D eigenvalue weighted by Gasteiger charge is 2.33. The molecule has 0 spiro atoms. The third kappa shape index (κ3) is 2.94. The number of aryl methyl sites for hydroxylation is 1. The van der Waals surface area contributed by atoms with Crippen LogP contribution in [0, 0.1) is 0 Å². The zero-order valence-electron chi connectivity index (χ0n) is 12.5. The van der Waals surface area contributed by atoms with Crippen molar-refractivity contribution < 1.29 is 14.7 Å². The average molecular weight is 315 g/mol. The first-order valence-electron chi connectivity index (χ1n) is 7.54. The van der Waals surface area contributed by atoms with Gasteiger partial charge in [-0.2, -0.15) is 0 Å². The van der Waals surface area contributed by atoms with Crippen LogP contribution in [0.5, 0.6) is 0 Å². The number of benzene rings is 1. The number of aromatic nitrogens is 2. The number of carboxylic acid groups (broad SMARTS) is 1. The number of hydrogen-bond donors (Lipinski definition) is 1. The van der Waals surface area contributed by atoms with Gasteiger partial charge in [0.15, 0.2) is 0 Å². The smallest absolute Gasteiger partial charge is 0.326 e. The Bertz CT molecular complexity index is 814. The molecule has 2 heterocycles. The molecular weight excluding hydrogens is 298 g/mol. The standard InChI is InChI=1S/C16H17N3O4/c20-14(19-8-3-6-13(19)16(22)23)7-9-18-10-17-12-5-2-1-4-11(12)15(18)21/h1-2,4-5,10,13H,3,6-9H2,(H,22,23)/t13-/m1/s1. The van der Waals surface area contributed by atoms with E-state index in [-0.39, 0.29) is 24.4 Å². The van der Waals surface area contributed by atoms with Crippen LogP contribution in [0.4, 0.5) is 0 Å². The summed E-state index contributed by atoms with van der Waals surface area (Å²) in [6.45, 7) is 0.652. The van der Waals surface area contributed by atoms with Gasteiger partial charge in [-0.3, -0.25) is 14.2 Å². The van der Waals surface area contributed by atoms with Gasteiger partial charge < -0.3 is 10.0 Å². The van der Waals surface area contributed by atoms with Crippen molar-refractivity contribution in [2.75, 3.05) is 6.54 Å². The van der Waals surface area contributed by atoms with E-state index < -0.39 is 12.0 Å². The lowest BCUT2D eigenvalue weighted by molar-refractivity contribution is -0.148. The molecule has 1 aromatic carbocycles. The minimum Gasteiger partial charge on any atom is -0.480 e. The summed E-state index contributed by atoms with van der Waals surface area (Å²) in [7, 11) is 0. The number of amides is 1. The van der Waals surface area contributed by atoms with Crippen LogP contribution in [0.15, 0.2) is 35.4 Å². The molecule has 23 heavy (non-hydrogen) atoms. The molecule has 7 nitrogen and oxygen atoms in total. The number of hydrogen-bond acceptors (Lipinski definition) is 4. The van der Waals surface area contributed by atoms with Crippen LogP contribution in [-0.4, -0.2) is 44.0 Å². The summed E-state index contributed by atoms with van der Waals surface area (Å²) in [5.74, 6) is -1.21. The van der Waals surface area contributed by atoms with Gasteiger partial charge in [0.05, 0.1) is 17.2 Å². The average Bonchev–Trinajstić information content (AvgIpc) is 3.04. The van der Waals surface area contributed by atoms with E-state index in [1.165, 1.54) is 15.8 Å². The Kier molecular flexibility index (Phi) is 4.10. The largest absolute Gasteiger partial charge is 0.480 e. The van der Waals surface area contributed by atoms with Gasteiger partial charge in [-0.1, -0.05) is 12.1 Å². The van der Waals surface area contributed by atoms with Crippen molar-refractivity contribution in [3.05, 3.63) is 40.9 Å². The molecule has 0 radical (unpaired) electrons. The second-order valence-corrected chi connectivity index (χ2v) is 5.59. The fraction of sp³-hybridized carbons (Fsp3) is 0.375. The van der Waals surface area contributed by atoms with E-state index >= 15 is 0 Å². The van der Waals surface area contributed by atoms with Gasteiger partial charge in [-0.05, 0) is 25.0 Å². The molecule has 1 atom stereocenters. The molecule has 0 aliphatic carbocycles. The van der Waals surface area contributed by atoms with Crippen LogP contribution in [0.1, 0.15) is 19.3 Å². The topological polar surface area (TPSA) is 92.5 Å². The maximum atomic E-state index is 12.3. The van der Waals surface area contributed by atoms with Crippen molar-refractivity contribution in [2.45, 2.75) is 31.8 Å². The first kappa shape index (κ1) is 15.2. The number of para-hydroxylation sites is 1. The Labute approximate surface area is 132 Å². The second kappa shape index (κ2) is 6.20. The summed E-state index contributed by atoms with van der Waals surface area (Å²) in [5.41, 5.74) is 0.421. The minimum absolute atomic E-state index is 0.0870. The first-order chi connectivity index (χ1) is 11.1. The first-order valence-corrected chi connectivity index (χ1v) is 7.54. The highest BCUT2D eigenvalue weighted by molar-refractivity contribution is 5.84. The van der Waals surface area contributed by atoms with Crippen LogP contribution in [0.3, 0.4) is 0 Å². The predicted molar refractivity (Wildman–Crippen MR) is 83.0 cm³/mol. The molecular formula is C16H17N3O4. The Morgan fingerprint density at radius 1 is 1.30 bits per heavy atom. The van der Waals surface area contributed by atoms with E-state index in [0.717, 1.165) is 0 Å². The number of carbonyl (C=O) groups is 2. The molecule has 1 N–H and O–H groups in total.